The molecule has 0 radical (unpaired) electrons. The van der Waals surface area contributed by atoms with Crippen LogP contribution in [0.25, 0.3) is 32.8 Å². The zero-order valence-corrected chi connectivity index (χ0v) is 50.2. The SMILES string of the molecule is CC(C)[Si](C#Cc1c(F)ccc2cccc(-c3ccc4c(N5C[C@H]6CC[C@@H](C5)N6C(=O)OC(C)(C)C)nc(OC[C@@]56CCCN5[C@H](CO[Si](c5ccccc5)(c5ccccc5)C(C)(C)C)CC6)nc4c3F)c12)(C(C)C)C(C)C. The molecule has 1 aromatic heterocycles. The Hall–Kier alpha value is -5.66. The van der Waals surface area contributed by atoms with E-state index in [4.69, 9.17) is 23.9 Å². The first kappa shape index (κ1) is 55.6. The van der Waals surface area contributed by atoms with Crippen LogP contribution in [0.5, 0.6) is 6.01 Å². The van der Waals surface area contributed by atoms with E-state index < -0.39 is 33.6 Å². The third-order valence-corrected chi connectivity index (χ3v) is 29.4. The molecule has 13 heteroatoms. The molecule has 412 valence electrons. The molecule has 5 heterocycles. The fraction of sp³-hybridized carbons (Fsp3) is 0.492. The molecule has 4 fully saturated rings. The minimum Gasteiger partial charge on any atom is -0.461 e. The van der Waals surface area contributed by atoms with E-state index in [0.717, 1.165) is 50.5 Å². The number of carbonyl (C=O) groups excluding carboxylic acids is 1. The van der Waals surface area contributed by atoms with Gasteiger partial charge in [-0.25, -0.2) is 13.6 Å². The highest BCUT2D eigenvalue weighted by Gasteiger charge is 2.54. The van der Waals surface area contributed by atoms with Crippen LogP contribution in [0.3, 0.4) is 0 Å². The van der Waals surface area contributed by atoms with Gasteiger partial charge in [0.15, 0.2) is 5.82 Å². The second-order valence-corrected chi connectivity index (χ2v) is 35.7. The molecule has 78 heavy (non-hydrogen) atoms. The van der Waals surface area contributed by atoms with Crippen molar-refractivity contribution in [1.29, 1.82) is 0 Å². The van der Waals surface area contributed by atoms with Crippen LogP contribution in [0, 0.1) is 23.1 Å². The second-order valence-electron chi connectivity index (χ2n) is 25.8. The molecule has 0 aliphatic carbocycles. The summed E-state index contributed by atoms with van der Waals surface area (Å²) in [4.78, 5) is 30.6. The van der Waals surface area contributed by atoms with Crippen molar-refractivity contribution in [2.45, 2.75) is 173 Å². The lowest BCUT2D eigenvalue weighted by Gasteiger charge is -2.44. The van der Waals surface area contributed by atoms with E-state index in [2.05, 4.69) is 144 Å². The lowest BCUT2D eigenvalue weighted by Crippen LogP contribution is -2.67. The Labute approximate surface area is 464 Å². The molecule has 4 atom stereocenters. The summed E-state index contributed by atoms with van der Waals surface area (Å²) in [6.45, 7) is 29.0. The molecule has 9 nitrogen and oxygen atoms in total. The highest BCUT2D eigenvalue weighted by molar-refractivity contribution is 6.99. The van der Waals surface area contributed by atoms with E-state index in [1.165, 1.54) is 16.4 Å². The van der Waals surface area contributed by atoms with Crippen molar-refractivity contribution in [3.63, 3.8) is 0 Å². The maximum atomic E-state index is 18.2. The standard InChI is InChI=1S/C65H81F2N5O4Si2/c1-43(2)77(44(3)4,45(5)6)38-34-54-56(66)32-27-46-21-19-26-52(57(46)54)53-30-31-55-59(58(53)67)68-61(69-60(55)70-39-47-28-29-48(40-70)72(47)62(73)76-63(7,8)9)74-42-65-35-20-37-71(65)49(33-36-65)41-75-78(64(10,11)12,50-22-15-13-16-23-50)51-24-17-14-18-25-51/h13-19,21-27,30-32,43-45,47-49H,20,28-29,33,35-37,39-42H2,1-12H3/t47-,48+,49-,65-/m0/s1. The smallest absolute Gasteiger partial charge is 0.410 e. The van der Waals surface area contributed by atoms with Crippen molar-refractivity contribution in [1.82, 2.24) is 19.8 Å². The van der Waals surface area contributed by atoms with Crippen LogP contribution in [0.15, 0.2) is 103 Å². The molecule has 1 amide bonds. The highest BCUT2D eigenvalue weighted by atomic mass is 28.4. The normalized spacial score (nSPS) is 21.0. The summed E-state index contributed by atoms with van der Waals surface area (Å²) < 4.78 is 55.0. The van der Waals surface area contributed by atoms with Crippen LogP contribution in [-0.2, 0) is 9.16 Å². The van der Waals surface area contributed by atoms with Crippen molar-refractivity contribution in [3.8, 4) is 28.6 Å². The molecule has 4 aliphatic heterocycles. The van der Waals surface area contributed by atoms with Gasteiger partial charge in [-0.3, -0.25) is 9.80 Å². The maximum Gasteiger partial charge on any atom is 0.410 e. The number of fused-ring (bicyclic) bond motifs is 5. The minimum absolute atomic E-state index is 0.108. The van der Waals surface area contributed by atoms with Crippen molar-refractivity contribution in [2.75, 3.05) is 37.7 Å². The Morgan fingerprint density at radius 1 is 0.756 bits per heavy atom. The number of halogens is 2. The Morgan fingerprint density at radius 3 is 2.00 bits per heavy atom. The average Bonchev–Trinajstić information content (AvgIpc) is 4.10. The molecular weight excluding hydrogens is 1010 g/mol. The number of nitrogens with zero attached hydrogens (tertiary/aromatic N) is 5. The molecule has 4 aliphatic rings. The first-order chi connectivity index (χ1) is 37.1. The number of piperazine rings is 1. The van der Waals surface area contributed by atoms with Crippen LogP contribution in [0.1, 0.15) is 127 Å². The number of aromatic nitrogens is 2. The molecule has 5 aromatic carbocycles. The molecule has 10 rings (SSSR count). The third-order valence-electron chi connectivity index (χ3n) is 18.1. The predicted molar refractivity (Wildman–Crippen MR) is 318 cm³/mol. The van der Waals surface area contributed by atoms with Gasteiger partial charge in [0.05, 0.1) is 29.8 Å². The second kappa shape index (κ2) is 21.4. The Balaban J connectivity index is 1.02. The van der Waals surface area contributed by atoms with Gasteiger partial charge in [-0.05, 0) is 121 Å². The molecule has 0 N–H and O–H groups in total. The van der Waals surface area contributed by atoms with E-state index in [-0.39, 0.29) is 46.3 Å². The van der Waals surface area contributed by atoms with Crippen LogP contribution in [0.4, 0.5) is 19.4 Å². The van der Waals surface area contributed by atoms with Crippen molar-refractivity contribution in [3.05, 3.63) is 120 Å². The van der Waals surface area contributed by atoms with E-state index >= 15 is 8.78 Å². The molecule has 2 bridgehead atoms. The predicted octanol–water partition coefficient (Wildman–Crippen LogP) is 13.8. The quantitative estimate of drug-likeness (QED) is 0.0836. The molecular formula is C65H81F2N5O4Si2. The molecule has 0 saturated carbocycles. The minimum atomic E-state index is -2.78. The van der Waals surface area contributed by atoms with Gasteiger partial charge in [-0.1, -0.05) is 159 Å². The van der Waals surface area contributed by atoms with E-state index in [1.54, 1.807) is 12.1 Å². The first-order valence-electron chi connectivity index (χ1n) is 28.7. The lowest BCUT2D eigenvalue weighted by atomic mass is 9.93. The van der Waals surface area contributed by atoms with Crippen LogP contribution in [0.2, 0.25) is 21.7 Å². The number of benzene rings is 5. The number of hydrogen-bond donors (Lipinski definition) is 0. The van der Waals surface area contributed by atoms with Gasteiger partial charge in [-0.2, -0.15) is 9.97 Å². The van der Waals surface area contributed by atoms with Gasteiger partial charge < -0.3 is 18.8 Å². The summed E-state index contributed by atoms with van der Waals surface area (Å²) in [6.07, 6.45) is 5.20. The number of rotatable bonds is 13. The number of carbonyl (C=O) groups is 1. The Kier molecular flexibility index (Phi) is 15.3. The van der Waals surface area contributed by atoms with E-state index in [9.17, 15) is 4.79 Å². The molecule has 0 unspecified atom stereocenters. The van der Waals surface area contributed by atoms with Crippen LogP contribution in [-0.4, -0.2) is 104 Å². The van der Waals surface area contributed by atoms with Crippen molar-refractivity contribution in [2.24, 2.45) is 0 Å². The summed E-state index contributed by atoms with van der Waals surface area (Å²) in [7, 11) is -5.05. The van der Waals surface area contributed by atoms with Gasteiger partial charge in [0.25, 0.3) is 8.32 Å². The number of hydrogen-bond acceptors (Lipinski definition) is 8. The van der Waals surface area contributed by atoms with Gasteiger partial charge in [-0.15, -0.1) is 5.54 Å². The zero-order chi connectivity index (χ0) is 55.5. The van der Waals surface area contributed by atoms with Gasteiger partial charge in [0.1, 0.15) is 37.4 Å². The topological polar surface area (TPSA) is 80.3 Å². The molecule has 4 saturated heterocycles. The van der Waals surface area contributed by atoms with E-state index in [1.807, 2.05) is 49.9 Å². The van der Waals surface area contributed by atoms with Gasteiger partial charge >= 0.3 is 12.1 Å². The average molecular weight is 1090 g/mol. The summed E-state index contributed by atoms with van der Waals surface area (Å²) in [6, 6.07) is 34.4. The summed E-state index contributed by atoms with van der Waals surface area (Å²) in [5.74, 6) is 3.03. The monoisotopic (exact) mass is 1090 g/mol. The largest absolute Gasteiger partial charge is 0.461 e. The van der Waals surface area contributed by atoms with Gasteiger partial charge in [0, 0.05) is 35.5 Å². The fourth-order valence-electron chi connectivity index (χ4n) is 14.6. The van der Waals surface area contributed by atoms with Crippen LogP contribution >= 0.6 is 0 Å². The van der Waals surface area contributed by atoms with Gasteiger partial charge in [0.2, 0.25) is 0 Å². The van der Waals surface area contributed by atoms with Crippen molar-refractivity contribution >= 4 is 60.4 Å². The Bertz CT molecular complexity index is 3170. The molecule has 0 spiro atoms. The van der Waals surface area contributed by atoms with E-state index in [0.29, 0.717) is 76.2 Å². The fourth-order valence-corrected chi connectivity index (χ4v) is 24.4. The van der Waals surface area contributed by atoms with Crippen LogP contribution < -0.4 is 20.0 Å². The first-order valence-corrected chi connectivity index (χ1v) is 32.9. The summed E-state index contributed by atoms with van der Waals surface area (Å²) in [5, 5.41) is 4.29. The Morgan fingerprint density at radius 2 is 1.40 bits per heavy atom. The lowest BCUT2D eigenvalue weighted by molar-refractivity contribution is 0.0122. The maximum absolute atomic E-state index is 18.2. The summed E-state index contributed by atoms with van der Waals surface area (Å²) >= 11 is 0. The number of anilines is 1. The zero-order valence-electron chi connectivity index (χ0n) is 48.2. The third kappa shape index (κ3) is 9.95. The number of ether oxygens (including phenoxy) is 2. The number of amides is 1. The molecule has 6 aromatic rings. The van der Waals surface area contributed by atoms with Crippen molar-refractivity contribution < 1.29 is 27.5 Å². The highest BCUT2D eigenvalue weighted by Crippen LogP contribution is 2.46. The summed E-state index contributed by atoms with van der Waals surface area (Å²) in [5.41, 5.74) is 5.15.